The van der Waals surface area contributed by atoms with Crippen LogP contribution < -0.4 is 9.47 Å². The highest BCUT2D eigenvalue weighted by Crippen LogP contribution is 2.36. The van der Waals surface area contributed by atoms with Gasteiger partial charge in [-0.25, -0.2) is 0 Å². The topological polar surface area (TPSA) is 81.9 Å². The van der Waals surface area contributed by atoms with Gasteiger partial charge in [0.25, 0.3) is 11.6 Å². The molecule has 0 spiro atoms. The van der Waals surface area contributed by atoms with Gasteiger partial charge in [0.05, 0.1) is 24.7 Å². The Morgan fingerprint density at radius 2 is 1.92 bits per heavy atom. The molecule has 0 saturated heterocycles. The van der Waals surface area contributed by atoms with E-state index in [1.165, 1.54) is 25.7 Å². The van der Waals surface area contributed by atoms with E-state index in [2.05, 4.69) is 0 Å². The summed E-state index contributed by atoms with van der Waals surface area (Å²) in [5, 5.41) is 11.5. The molecule has 0 aliphatic heterocycles. The van der Waals surface area contributed by atoms with E-state index in [1.807, 2.05) is 6.92 Å². The van der Waals surface area contributed by atoms with E-state index in [-0.39, 0.29) is 28.9 Å². The lowest BCUT2D eigenvalue weighted by Gasteiger charge is -2.33. The number of nitrogens with zero attached hydrogens (tertiary/aromatic N) is 2. The lowest BCUT2D eigenvalue weighted by atomic mass is 9.93. The lowest BCUT2D eigenvalue weighted by molar-refractivity contribution is -0.385. The smallest absolute Gasteiger partial charge is 0.286 e. The molecule has 1 aromatic rings. The van der Waals surface area contributed by atoms with Crippen LogP contribution in [0.4, 0.5) is 5.69 Å². The van der Waals surface area contributed by atoms with Gasteiger partial charge in [-0.3, -0.25) is 14.9 Å². The van der Waals surface area contributed by atoms with Crippen LogP contribution in [0.2, 0.25) is 0 Å². The number of nitro groups is 1. The second kappa shape index (κ2) is 8.69. The third-order valence-corrected chi connectivity index (χ3v) is 4.63. The molecular formula is C18H26N2O5. The number of rotatable bonds is 7. The minimum atomic E-state index is -0.538. The fourth-order valence-electron chi connectivity index (χ4n) is 3.41. The van der Waals surface area contributed by atoms with E-state index in [1.54, 1.807) is 11.8 Å². The highest BCUT2D eigenvalue weighted by Gasteiger charge is 2.31. The number of hydrogen-bond donors (Lipinski definition) is 0. The normalized spacial score (nSPS) is 14.8. The Morgan fingerprint density at radius 3 is 2.44 bits per heavy atom. The molecule has 1 aliphatic carbocycles. The van der Waals surface area contributed by atoms with Gasteiger partial charge in [0, 0.05) is 18.7 Å². The van der Waals surface area contributed by atoms with Crippen LogP contribution in [-0.2, 0) is 0 Å². The van der Waals surface area contributed by atoms with Crippen molar-refractivity contribution in [2.45, 2.75) is 52.0 Å². The summed E-state index contributed by atoms with van der Waals surface area (Å²) in [6, 6.07) is 2.85. The van der Waals surface area contributed by atoms with Crippen LogP contribution in [0.1, 0.15) is 56.3 Å². The van der Waals surface area contributed by atoms with E-state index >= 15 is 0 Å². The van der Waals surface area contributed by atoms with Crippen LogP contribution in [0, 0.1) is 10.1 Å². The number of amides is 1. The number of hydrogen-bond acceptors (Lipinski definition) is 5. The van der Waals surface area contributed by atoms with Crippen molar-refractivity contribution in [1.29, 1.82) is 0 Å². The Bertz CT molecular complexity index is 626. The Balaban J connectivity index is 2.43. The third kappa shape index (κ3) is 4.21. The first-order valence-corrected chi connectivity index (χ1v) is 8.83. The van der Waals surface area contributed by atoms with Gasteiger partial charge in [0.2, 0.25) is 0 Å². The Kier molecular flexibility index (Phi) is 6.61. The fraction of sp³-hybridized carbons (Fsp3) is 0.611. The molecule has 1 aromatic carbocycles. The Morgan fingerprint density at radius 1 is 1.24 bits per heavy atom. The number of methoxy groups -OCH3 is 1. The van der Waals surface area contributed by atoms with E-state index in [9.17, 15) is 14.9 Å². The van der Waals surface area contributed by atoms with Gasteiger partial charge in [0.15, 0.2) is 11.5 Å². The first-order valence-electron chi connectivity index (χ1n) is 8.83. The predicted octanol–water partition coefficient (Wildman–Crippen LogP) is 3.80. The largest absolute Gasteiger partial charge is 0.493 e. The van der Waals surface area contributed by atoms with Crippen LogP contribution in [-0.4, -0.2) is 42.0 Å². The second-order valence-corrected chi connectivity index (χ2v) is 6.09. The number of ether oxygens (including phenoxy) is 2. The standard InChI is InChI=1S/C18H26N2O5/c1-4-19(13-9-7-6-8-10-13)18(21)14-11-16(24-3)17(25-5-2)12-15(14)20(22)23/h11-13H,4-10H2,1-3H3. The van der Waals surface area contributed by atoms with Crippen LogP contribution in [0.5, 0.6) is 11.5 Å². The molecule has 0 N–H and O–H groups in total. The summed E-state index contributed by atoms with van der Waals surface area (Å²) in [7, 11) is 1.46. The molecule has 0 atom stereocenters. The van der Waals surface area contributed by atoms with Crippen molar-refractivity contribution in [2.75, 3.05) is 20.3 Å². The molecule has 0 radical (unpaired) electrons. The SMILES string of the molecule is CCOc1cc([N+](=O)[O-])c(C(=O)N(CC)C2CCCCC2)cc1OC. The molecule has 0 bridgehead atoms. The third-order valence-electron chi connectivity index (χ3n) is 4.63. The molecule has 7 heteroatoms. The summed E-state index contributed by atoms with van der Waals surface area (Å²) in [4.78, 5) is 25.8. The average Bonchev–Trinajstić information content (AvgIpc) is 2.63. The van der Waals surface area contributed by atoms with Gasteiger partial charge in [0.1, 0.15) is 5.56 Å². The van der Waals surface area contributed by atoms with Crippen molar-refractivity contribution >= 4 is 11.6 Å². The van der Waals surface area contributed by atoms with Crippen LogP contribution in [0.25, 0.3) is 0 Å². The minimum absolute atomic E-state index is 0.0535. The van der Waals surface area contributed by atoms with Gasteiger partial charge in [-0.15, -0.1) is 0 Å². The maximum Gasteiger partial charge on any atom is 0.286 e. The van der Waals surface area contributed by atoms with Crippen molar-refractivity contribution in [2.24, 2.45) is 0 Å². The molecule has 1 aliphatic rings. The molecular weight excluding hydrogens is 324 g/mol. The summed E-state index contributed by atoms with van der Waals surface area (Å²) in [6.45, 7) is 4.57. The van der Waals surface area contributed by atoms with Gasteiger partial charge in [-0.2, -0.15) is 0 Å². The highest BCUT2D eigenvalue weighted by molar-refractivity contribution is 5.99. The lowest BCUT2D eigenvalue weighted by Crippen LogP contribution is -2.41. The van der Waals surface area contributed by atoms with Crippen molar-refractivity contribution in [3.05, 3.63) is 27.8 Å². The quantitative estimate of drug-likeness (QED) is 0.552. The zero-order chi connectivity index (χ0) is 18.4. The second-order valence-electron chi connectivity index (χ2n) is 6.09. The molecule has 0 heterocycles. The number of benzene rings is 1. The average molecular weight is 350 g/mol. The number of carbonyl (C=O) groups excluding carboxylic acids is 1. The van der Waals surface area contributed by atoms with Crippen LogP contribution in [0.3, 0.4) is 0 Å². The summed E-state index contributed by atoms with van der Waals surface area (Å²) in [5.41, 5.74) is -0.193. The number of nitro benzene ring substituents is 1. The molecule has 138 valence electrons. The first kappa shape index (κ1) is 19.0. The van der Waals surface area contributed by atoms with E-state index in [0.29, 0.717) is 18.9 Å². The van der Waals surface area contributed by atoms with Crippen LogP contribution in [0.15, 0.2) is 12.1 Å². The van der Waals surface area contributed by atoms with Crippen molar-refractivity contribution < 1.29 is 19.2 Å². The monoisotopic (exact) mass is 350 g/mol. The van der Waals surface area contributed by atoms with Crippen molar-refractivity contribution in [1.82, 2.24) is 4.90 Å². The maximum absolute atomic E-state index is 13.1. The minimum Gasteiger partial charge on any atom is -0.493 e. The summed E-state index contributed by atoms with van der Waals surface area (Å²) in [6.07, 6.45) is 5.24. The Labute approximate surface area is 148 Å². The zero-order valence-electron chi connectivity index (χ0n) is 15.1. The molecule has 2 rings (SSSR count). The molecule has 7 nitrogen and oxygen atoms in total. The predicted molar refractivity (Wildman–Crippen MR) is 94.4 cm³/mol. The zero-order valence-corrected chi connectivity index (χ0v) is 15.1. The van der Waals surface area contributed by atoms with Crippen LogP contribution >= 0.6 is 0 Å². The van der Waals surface area contributed by atoms with E-state index < -0.39 is 4.92 Å². The van der Waals surface area contributed by atoms with Gasteiger partial charge in [-0.05, 0) is 26.7 Å². The van der Waals surface area contributed by atoms with Crippen molar-refractivity contribution in [3.63, 3.8) is 0 Å². The molecule has 0 unspecified atom stereocenters. The van der Waals surface area contributed by atoms with Gasteiger partial charge < -0.3 is 14.4 Å². The first-order chi connectivity index (χ1) is 12.0. The van der Waals surface area contributed by atoms with E-state index in [4.69, 9.17) is 9.47 Å². The van der Waals surface area contributed by atoms with Gasteiger partial charge in [-0.1, -0.05) is 19.3 Å². The van der Waals surface area contributed by atoms with Crippen molar-refractivity contribution in [3.8, 4) is 11.5 Å². The fourth-order valence-corrected chi connectivity index (χ4v) is 3.41. The maximum atomic E-state index is 13.1. The Hall–Kier alpha value is -2.31. The molecule has 1 amide bonds. The van der Waals surface area contributed by atoms with E-state index in [0.717, 1.165) is 25.7 Å². The number of carbonyl (C=O) groups is 1. The molecule has 1 fully saturated rings. The highest BCUT2D eigenvalue weighted by atomic mass is 16.6. The molecule has 1 saturated carbocycles. The molecule has 25 heavy (non-hydrogen) atoms. The summed E-state index contributed by atoms with van der Waals surface area (Å²) >= 11 is 0. The van der Waals surface area contributed by atoms with Gasteiger partial charge >= 0.3 is 0 Å². The molecule has 0 aromatic heterocycles. The summed E-state index contributed by atoms with van der Waals surface area (Å²) < 4.78 is 10.7. The summed E-state index contributed by atoms with van der Waals surface area (Å²) in [5.74, 6) is 0.284.